The van der Waals surface area contributed by atoms with Crippen molar-refractivity contribution in [1.29, 1.82) is 0 Å². The molecule has 0 aromatic carbocycles. The normalized spacial score (nSPS) is 22.6. The lowest BCUT2D eigenvalue weighted by Crippen LogP contribution is -2.37. The molecule has 1 saturated heterocycles. The maximum Gasteiger partial charge on any atom is 0.127 e. The Kier molecular flexibility index (Phi) is 5.42. The van der Waals surface area contributed by atoms with Crippen molar-refractivity contribution >= 4 is 6.29 Å². The first kappa shape index (κ1) is 13.7. The van der Waals surface area contributed by atoms with E-state index in [1.165, 1.54) is 6.42 Å². The lowest BCUT2D eigenvalue weighted by molar-refractivity contribution is -0.117. The quantitative estimate of drug-likeness (QED) is 0.623. The van der Waals surface area contributed by atoms with Crippen LogP contribution in [0.5, 0.6) is 0 Å². The minimum absolute atomic E-state index is 0.123. The van der Waals surface area contributed by atoms with Crippen LogP contribution in [-0.2, 0) is 9.53 Å². The summed E-state index contributed by atoms with van der Waals surface area (Å²) in [5.41, 5.74) is -0.123. The number of hydrogen-bond acceptors (Lipinski definition) is 3. The second-order valence-electron chi connectivity index (χ2n) is 5.03. The number of ether oxygens (including phenoxy) is 1. The van der Waals surface area contributed by atoms with Gasteiger partial charge in [0.05, 0.1) is 6.61 Å². The van der Waals surface area contributed by atoms with Crippen LogP contribution in [0, 0.1) is 11.3 Å². The van der Waals surface area contributed by atoms with Crippen LogP contribution in [-0.4, -0.2) is 44.5 Å². The maximum atomic E-state index is 11.2. The summed E-state index contributed by atoms with van der Waals surface area (Å²) in [5.74, 6) is 0.656. The summed E-state index contributed by atoms with van der Waals surface area (Å²) >= 11 is 0. The molecule has 0 spiro atoms. The second kappa shape index (κ2) is 6.36. The molecular formula is C13H25NO2. The number of aldehydes is 1. The number of carbonyl (C=O) groups is 1. The summed E-state index contributed by atoms with van der Waals surface area (Å²) < 4.78 is 5.19. The average Bonchev–Trinajstić information content (AvgIpc) is 2.74. The van der Waals surface area contributed by atoms with Crippen molar-refractivity contribution in [3.05, 3.63) is 0 Å². The Morgan fingerprint density at radius 1 is 1.44 bits per heavy atom. The average molecular weight is 227 g/mol. The zero-order chi connectivity index (χ0) is 12.0. The highest BCUT2D eigenvalue weighted by Gasteiger charge is 2.31. The van der Waals surface area contributed by atoms with Gasteiger partial charge in [-0.05, 0) is 31.7 Å². The van der Waals surface area contributed by atoms with E-state index < -0.39 is 0 Å². The van der Waals surface area contributed by atoms with E-state index in [-0.39, 0.29) is 5.41 Å². The molecule has 16 heavy (non-hydrogen) atoms. The third-order valence-electron chi connectivity index (χ3n) is 3.97. The predicted molar refractivity (Wildman–Crippen MR) is 65.5 cm³/mol. The Morgan fingerprint density at radius 2 is 2.12 bits per heavy atom. The van der Waals surface area contributed by atoms with Crippen molar-refractivity contribution in [2.75, 3.05) is 33.4 Å². The van der Waals surface area contributed by atoms with E-state index in [0.717, 1.165) is 45.4 Å². The first-order valence-electron chi connectivity index (χ1n) is 6.37. The minimum atomic E-state index is -0.123. The van der Waals surface area contributed by atoms with Crippen LogP contribution in [0.25, 0.3) is 0 Å². The fraction of sp³-hybridized carbons (Fsp3) is 0.923. The summed E-state index contributed by atoms with van der Waals surface area (Å²) in [6.45, 7) is 8.20. The van der Waals surface area contributed by atoms with Crippen LogP contribution >= 0.6 is 0 Å². The first-order chi connectivity index (χ1) is 7.69. The summed E-state index contributed by atoms with van der Waals surface area (Å²) in [6, 6.07) is 0. The summed E-state index contributed by atoms with van der Waals surface area (Å²) in [6.07, 6.45) is 4.25. The highest BCUT2D eigenvalue weighted by Crippen LogP contribution is 2.28. The van der Waals surface area contributed by atoms with Crippen LogP contribution in [0.2, 0.25) is 0 Å². The van der Waals surface area contributed by atoms with Crippen LogP contribution in [0.1, 0.15) is 33.1 Å². The molecule has 1 heterocycles. The summed E-state index contributed by atoms with van der Waals surface area (Å²) in [5, 5.41) is 0. The zero-order valence-corrected chi connectivity index (χ0v) is 10.9. The first-order valence-corrected chi connectivity index (χ1v) is 6.37. The van der Waals surface area contributed by atoms with Crippen LogP contribution < -0.4 is 0 Å². The fourth-order valence-corrected chi connectivity index (χ4v) is 2.55. The van der Waals surface area contributed by atoms with Gasteiger partial charge in [0, 0.05) is 25.6 Å². The minimum Gasteiger partial charge on any atom is -0.384 e. The molecule has 94 valence electrons. The monoisotopic (exact) mass is 227 g/mol. The number of hydrogen-bond donors (Lipinski definition) is 0. The third-order valence-corrected chi connectivity index (χ3v) is 3.97. The molecule has 1 rings (SSSR count). The van der Waals surface area contributed by atoms with Gasteiger partial charge in [0.1, 0.15) is 6.29 Å². The topological polar surface area (TPSA) is 29.5 Å². The van der Waals surface area contributed by atoms with Gasteiger partial charge < -0.3 is 14.4 Å². The van der Waals surface area contributed by atoms with E-state index >= 15 is 0 Å². The Hall–Kier alpha value is -0.410. The van der Waals surface area contributed by atoms with E-state index in [1.54, 1.807) is 7.11 Å². The van der Waals surface area contributed by atoms with Gasteiger partial charge in [-0.1, -0.05) is 13.8 Å². The van der Waals surface area contributed by atoms with Gasteiger partial charge in [-0.15, -0.1) is 0 Å². The number of rotatable bonds is 7. The number of methoxy groups -OCH3 is 1. The molecule has 3 nitrogen and oxygen atoms in total. The maximum absolute atomic E-state index is 11.2. The van der Waals surface area contributed by atoms with Crippen LogP contribution in [0.4, 0.5) is 0 Å². The van der Waals surface area contributed by atoms with E-state index in [2.05, 4.69) is 18.7 Å². The van der Waals surface area contributed by atoms with E-state index in [9.17, 15) is 4.79 Å². The molecule has 0 N–H and O–H groups in total. The lowest BCUT2D eigenvalue weighted by atomic mass is 9.83. The fourth-order valence-electron chi connectivity index (χ4n) is 2.55. The molecule has 0 aromatic rings. The largest absolute Gasteiger partial charge is 0.384 e. The molecule has 0 bridgehead atoms. The van der Waals surface area contributed by atoms with Gasteiger partial charge >= 0.3 is 0 Å². The number of nitrogens with zero attached hydrogens (tertiary/aromatic N) is 1. The van der Waals surface area contributed by atoms with Gasteiger partial charge in [0.25, 0.3) is 0 Å². The van der Waals surface area contributed by atoms with Gasteiger partial charge in [0.15, 0.2) is 0 Å². The smallest absolute Gasteiger partial charge is 0.127 e. The van der Waals surface area contributed by atoms with Crippen molar-refractivity contribution in [3.8, 4) is 0 Å². The molecule has 0 amide bonds. The molecule has 1 aliphatic heterocycles. The predicted octanol–water partition coefficient (Wildman–Crippen LogP) is 1.96. The van der Waals surface area contributed by atoms with Crippen molar-refractivity contribution in [2.24, 2.45) is 11.3 Å². The SMILES string of the molecule is CCC(C=O)(CC)CN1CCC(COC)C1. The van der Waals surface area contributed by atoms with E-state index in [4.69, 9.17) is 4.74 Å². The van der Waals surface area contributed by atoms with E-state index in [0.29, 0.717) is 5.92 Å². The van der Waals surface area contributed by atoms with Crippen molar-refractivity contribution in [2.45, 2.75) is 33.1 Å². The zero-order valence-electron chi connectivity index (χ0n) is 10.9. The summed E-state index contributed by atoms with van der Waals surface area (Å²) in [4.78, 5) is 13.7. The van der Waals surface area contributed by atoms with Crippen molar-refractivity contribution in [1.82, 2.24) is 4.90 Å². The number of carbonyl (C=O) groups excluding carboxylic acids is 1. The third kappa shape index (κ3) is 3.29. The van der Waals surface area contributed by atoms with Crippen LogP contribution in [0.15, 0.2) is 0 Å². The molecule has 1 unspecified atom stereocenters. The molecule has 0 aliphatic carbocycles. The molecule has 0 aromatic heterocycles. The van der Waals surface area contributed by atoms with Crippen LogP contribution in [0.3, 0.4) is 0 Å². The van der Waals surface area contributed by atoms with Gasteiger partial charge in [-0.25, -0.2) is 0 Å². The number of likely N-dealkylation sites (tertiary alicyclic amines) is 1. The van der Waals surface area contributed by atoms with Crippen molar-refractivity contribution in [3.63, 3.8) is 0 Å². The molecule has 3 heteroatoms. The van der Waals surface area contributed by atoms with Crippen molar-refractivity contribution < 1.29 is 9.53 Å². The molecule has 1 aliphatic rings. The Labute approximate surface area is 99.1 Å². The Bertz CT molecular complexity index is 214. The standard InChI is InChI=1S/C13H25NO2/c1-4-13(5-2,11-15)10-14-7-6-12(8-14)9-16-3/h11-12H,4-10H2,1-3H3. The molecule has 1 fully saturated rings. The summed E-state index contributed by atoms with van der Waals surface area (Å²) in [7, 11) is 1.76. The Morgan fingerprint density at radius 3 is 2.62 bits per heavy atom. The molecule has 1 atom stereocenters. The molecule has 0 saturated carbocycles. The highest BCUT2D eigenvalue weighted by atomic mass is 16.5. The van der Waals surface area contributed by atoms with Gasteiger partial charge in [0.2, 0.25) is 0 Å². The van der Waals surface area contributed by atoms with Gasteiger partial charge in [-0.3, -0.25) is 0 Å². The lowest BCUT2D eigenvalue weighted by Gasteiger charge is -2.30. The Balaban J connectivity index is 2.45. The van der Waals surface area contributed by atoms with Gasteiger partial charge in [-0.2, -0.15) is 0 Å². The highest BCUT2D eigenvalue weighted by molar-refractivity contribution is 5.59. The molecule has 0 radical (unpaired) electrons. The van der Waals surface area contributed by atoms with E-state index in [1.807, 2.05) is 0 Å². The second-order valence-corrected chi connectivity index (χ2v) is 5.03. The molecular weight excluding hydrogens is 202 g/mol.